The Balaban J connectivity index is 2.12. The molecule has 2 aromatic rings. The summed E-state index contributed by atoms with van der Waals surface area (Å²) in [5.41, 5.74) is 0.938. The van der Waals surface area contributed by atoms with E-state index in [4.69, 9.17) is 4.52 Å². The second kappa shape index (κ2) is 16.9. The van der Waals surface area contributed by atoms with Gasteiger partial charge in [0.2, 0.25) is 11.8 Å². The summed E-state index contributed by atoms with van der Waals surface area (Å²) >= 11 is 0. The summed E-state index contributed by atoms with van der Waals surface area (Å²) in [4.78, 5) is 53.0. The molecule has 0 bridgehead atoms. The van der Waals surface area contributed by atoms with Crippen LogP contribution >= 0.6 is 0 Å². The zero-order valence-corrected chi connectivity index (χ0v) is 25.9. The van der Waals surface area contributed by atoms with Gasteiger partial charge in [-0.15, -0.1) is 0 Å². The number of rotatable bonds is 15. The lowest BCUT2D eigenvalue weighted by atomic mass is 10.1. The van der Waals surface area contributed by atoms with E-state index in [1.807, 2.05) is 19.9 Å². The number of aliphatic hydroxyl groups excluding tert-OH is 1. The molecule has 2 rings (SSSR count). The number of unbranched alkanes of at least 4 members (excludes halogenated alkanes) is 1. The van der Waals surface area contributed by atoms with Crippen LogP contribution in [-0.2, 0) is 20.9 Å². The molecule has 4 amide bonds. The van der Waals surface area contributed by atoms with E-state index in [2.05, 4.69) is 21.1 Å². The molecule has 0 unspecified atom stereocenters. The molecule has 1 heterocycles. The first-order valence-electron chi connectivity index (χ1n) is 14.4. The van der Waals surface area contributed by atoms with Crippen molar-refractivity contribution < 1.29 is 33.2 Å². The van der Waals surface area contributed by atoms with E-state index in [9.17, 15) is 33.9 Å². The van der Waals surface area contributed by atoms with Crippen molar-refractivity contribution in [2.45, 2.75) is 78.6 Å². The van der Waals surface area contributed by atoms with Crippen LogP contribution in [0.15, 0.2) is 40.4 Å². The number of halogens is 1. The van der Waals surface area contributed by atoms with E-state index in [1.165, 1.54) is 24.0 Å². The molecule has 0 fully saturated rings. The van der Waals surface area contributed by atoms with Gasteiger partial charge in [0.05, 0.1) is 6.10 Å². The van der Waals surface area contributed by atoms with Crippen LogP contribution in [0.5, 0.6) is 0 Å². The molecule has 0 saturated carbocycles. The maximum atomic E-state index is 14.4. The third-order valence-electron chi connectivity index (χ3n) is 6.64. The molecule has 0 radical (unpaired) electrons. The van der Waals surface area contributed by atoms with Gasteiger partial charge < -0.3 is 30.5 Å². The van der Waals surface area contributed by atoms with Crippen molar-refractivity contribution in [3.8, 4) is 6.07 Å². The van der Waals surface area contributed by atoms with Gasteiger partial charge >= 0.3 is 0 Å². The number of nitrogens with zero attached hydrogens (tertiary/aromatic N) is 3. The highest BCUT2D eigenvalue weighted by Crippen LogP contribution is 2.12. The summed E-state index contributed by atoms with van der Waals surface area (Å²) < 4.78 is 19.2. The number of nitrogens with one attached hydrogen (secondary N) is 3. The lowest BCUT2D eigenvalue weighted by Gasteiger charge is -2.25. The van der Waals surface area contributed by atoms with Crippen LogP contribution in [-0.4, -0.2) is 70.6 Å². The number of amides is 4. The second-order valence-corrected chi connectivity index (χ2v) is 11.0. The first kappa shape index (κ1) is 35.6. The SMILES string of the molecule is Cc1ccc(CNC(=O)[C@H](CCCCN(C)C(=O)C(C#N)=CC(C)C)NC(=O)[C@@H](NC(=O)c2cc(C)on2)[C@@H](C)O)c(F)c1. The third-order valence-corrected chi connectivity index (χ3v) is 6.64. The molecular weight excluding hydrogens is 571 g/mol. The van der Waals surface area contributed by atoms with Crippen molar-refractivity contribution in [1.29, 1.82) is 5.26 Å². The molecule has 44 heavy (non-hydrogen) atoms. The second-order valence-electron chi connectivity index (χ2n) is 11.0. The Kier molecular flexibility index (Phi) is 13.7. The lowest BCUT2D eigenvalue weighted by molar-refractivity contribution is -0.131. The standard InChI is InChI=1S/C31H41FN6O6/c1-18(2)13-23(16-33)31(43)38(6)12-8-7-9-25(28(40)34-17-22-11-10-19(3)14-24(22)32)35-30(42)27(21(5)39)36-29(41)26-15-20(4)44-37-26/h10-11,13-15,18,21,25,27,39H,7-9,12,17H2,1-6H3,(H,34,40)(H,35,42)(H,36,41)/t21-,25+,27+/m1/s1. The molecule has 0 aliphatic rings. The zero-order chi connectivity index (χ0) is 33.0. The van der Waals surface area contributed by atoms with Crippen molar-refractivity contribution in [2.24, 2.45) is 5.92 Å². The number of benzene rings is 1. The summed E-state index contributed by atoms with van der Waals surface area (Å²) in [5, 5.41) is 30.8. The number of allylic oxidation sites excluding steroid dienone is 1. The van der Waals surface area contributed by atoms with Crippen molar-refractivity contribution in [1.82, 2.24) is 26.0 Å². The van der Waals surface area contributed by atoms with E-state index in [-0.39, 0.29) is 42.3 Å². The number of hydrogen-bond acceptors (Lipinski definition) is 8. The minimum atomic E-state index is -1.43. The molecule has 4 N–H and O–H groups in total. The van der Waals surface area contributed by atoms with Crippen molar-refractivity contribution in [3.05, 3.63) is 64.3 Å². The minimum Gasteiger partial charge on any atom is -0.391 e. The lowest BCUT2D eigenvalue weighted by Crippen LogP contribution is -2.57. The fourth-order valence-corrected chi connectivity index (χ4v) is 4.22. The number of hydrogen-bond donors (Lipinski definition) is 4. The summed E-state index contributed by atoms with van der Waals surface area (Å²) in [6.07, 6.45) is 1.22. The molecule has 0 aliphatic carbocycles. The van der Waals surface area contributed by atoms with Gasteiger partial charge in [0.1, 0.15) is 35.3 Å². The van der Waals surface area contributed by atoms with Crippen LogP contribution in [0.4, 0.5) is 4.39 Å². The van der Waals surface area contributed by atoms with Crippen LogP contribution in [0.25, 0.3) is 0 Å². The van der Waals surface area contributed by atoms with Gasteiger partial charge in [-0.05, 0) is 57.6 Å². The van der Waals surface area contributed by atoms with Crippen LogP contribution in [0.2, 0.25) is 0 Å². The average molecular weight is 613 g/mol. The Labute approximate surface area is 256 Å². The Morgan fingerprint density at radius 3 is 2.39 bits per heavy atom. The Hall–Kier alpha value is -4.57. The number of aliphatic hydroxyl groups is 1. The molecule has 1 aromatic heterocycles. The molecule has 0 saturated heterocycles. The average Bonchev–Trinajstić information content (AvgIpc) is 3.40. The normalized spacial score (nSPS) is 13.4. The molecular formula is C31H41FN6O6. The van der Waals surface area contributed by atoms with Crippen molar-refractivity contribution >= 4 is 23.6 Å². The van der Waals surface area contributed by atoms with E-state index in [1.54, 1.807) is 39.1 Å². The maximum Gasteiger partial charge on any atom is 0.274 e. The molecule has 1 aromatic carbocycles. The number of nitriles is 1. The fraction of sp³-hybridized carbons (Fsp3) is 0.484. The zero-order valence-electron chi connectivity index (χ0n) is 25.9. The van der Waals surface area contributed by atoms with Crippen molar-refractivity contribution in [2.75, 3.05) is 13.6 Å². The number of carbonyl (C=O) groups excluding carboxylic acids is 4. The summed E-state index contributed by atoms with van der Waals surface area (Å²) in [5.74, 6) is -2.67. The van der Waals surface area contributed by atoms with E-state index >= 15 is 0 Å². The topological polar surface area (TPSA) is 178 Å². The van der Waals surface area contributed by atoms with Gasteiger partial charge in [0.25, 0.3) is 11.8 Å². The van der Waals surface area contributed by atoms with Crippen LogP contribution in [0, 0.1) is 36.9 Å². The molecule has 238 valence electrons. The molecule has 0 spiro atoms. The molecule has 12 nitrogen and oxygen atoms in total. The van der Waals surface area contributed by atoms with E-state index in [0.717, 1.165) is 5.56 Å². The smallest absolute Gasteiger partial charge is 0.274 e. The highest BCUT2D eigenvalue weighted by molar-refractivity contribution is 5.98. The fourth-order valence-electron chi connectivity index (χ4n) is 4.22. The highest BCUT2D eigenvalue weighted by Gasteiger charge is 2.31. The predicted molar refractivity (Wildman–Crippen MR) is 159 cm³/mol. The monoisotopic (exact) mass is 612 g/mol. The molecule has 3 atom stereocenters. The summed E-state index contributed by atoms with van der Waals surface area (Å²) in [7, 11) is 1.57. The largest absolute Gasteiger partial charge is 0.391 e. The Morgan fingerprint density at radius 1 is 1.11 bits per heavy atom. The number of likely N-dealkylation sites (N-methyl/N-ethyl adjacent to an activating group) is 1. The third kappa shape index (κ3) is 10.9. The highest BCUT2D eigenvalue weighted by atomic mass is 19.1. The number of carbonyl (C=O) groups is 4. The van der Waals surface area contributed by atoms with Crippen molar-refractivity contribution in [3.63, 3.8) is 0 Å². The Bertz CT molecular complexity index is 1400. The summed E-state index contributed by atoms with van der Waals surface area (Å²) in [6.45, 7) is 8.52. The quantitative estimate of drug-likeness (QED) is 0.135. The van der Waals surface area contributed by atoms with Gasteiger partial charge in [-0.3, -0.25) is 19.2 Å². The maximum absolute atomic E-state index is 14.4. The summed E-state index contributed by atoms with van der Waals surface area (Å²) in [6, 6.07) is 5.36. The van der Waals surface area contributed by atoms with Gasteiger partial charge in [0, 0.05) is 31.8 Å². The minimum absolute atomic E-state index is 0.0218. The van der Waals surface area contributed by atoms with Crippen LogP contribution in [0.1, 0.15) is 67.4 Å². The van der Waals surface area contributed by atoms with E-state index in [0.29, 0.717) is 18.6 Å². The molecule has 13 heteroatoms. The van der Waals surface area contributed by atoms with Crippen LogP contribution in [0.3, 0.4) is 0 Å². The van der Waals surface area contributed by atoms with Gasteiger partial charge in [-0.1, -0.05) is 37.2 Å². The van der Waals surface area contributed by atoms with Gasteiger partial charge in [-0.25, -0.2) is 4.39 Å². The first-order valence-corrected chi connectivity index (χ1v) is 14.4. The first-order chi connectivity index (χ1) is 20.7. The van der Waals surface area contributed by atoms with Gasteiger partial charge in [0.15, 0.2) is 5.69 Å². The van der Waals surface area contributed by atoms with Gasteiger partial charge in [-0.2, -0.15) is 5.26 Å². The van der Waals surface area contributed by atoms with E-state index < -0.39 is 47.6 Å². The number of aromatic nitrogens is 1. The Morgan fingerprint density at radius 2 is 1.82 bits per heavy atom. The predicted octanol–water partition coefficient (Wildman–Crippen LogP) is 2.45. The number of aryl methyl sites for hydroxylation is 2. The van der Waals surface area contributed by atoms with Crippen LogP contribution < -0.4 is 16.0 Å². The molecule has 0 aliphatic heterocycles.